The molecule has 0 bridgehead atoms. The number of nitrogens with two attached hydrogens (primary N) is 1. The van der Waals surface area contributed by atoms with Crippen molar-refractivity contribution in [3.8, 4) is 10.6 Å². The second kappa shape index (κ2) is 8.27. The van der Waals surface area contributed by atoms with Gasteiger partial charge in [-0.05, 0) is 20.8 Å². The summed E-state index contributed by atoms with van der Waals surface area (Å²) in [6.45, 7) is 5.79. The number of benzene rings is 1. The van der Waals surface area contributed by atoms with Crippen LogP contribution < -0.4 is 11.1 Å². The Balaban J connectivity index is 0.00000242. The minimum absolute atomic E-state index is 0. The van der Waals surface area contributed by atoms with Crippen LogP contribution in [0.25, 0.3) is 10.6 Å². The number of carbonyl (C=O) groups excluding carboxylic acids is 1. The minimum atomic E-state index is -0.125. The fraction of sp³-hybridized carbons (Fsp3) is 0.375. The average Bonchev–Trinajstić information content (AvgIpc) is 2.81. The van der Waals surface area contributed by atoms with Crippen molar-refractivity contribution in [2.75, 3.05) is 0 Å². The largest absolute Gasteiger partial charge is 0.349 e. The molecule has 2 rings (SSSR count). The summed E-state index contributed by atoms with van der Waals surface area (Å²) < 4.78 is 0. The first-order valence-corrected chi connectivity index (χ1v) is 7.86. The third-order valence-electron chi connectivity index (χ3n) is 3.13. The number of thiazole rings is 1. The molecular formula is C16H22ClN3OS. The highest BCUT2D eigenvalue weighted by atomic mass is 35.5. The molecule has 4 nitrogen and oxygen atoms in total. The van der Waals surface area contributed by atoms with Crippen LogP contribution in [0.2, 0.25) is 0 Å². The lowest BCUT2D eigenvalue weighted by Crippen LogP contribution is -2.31. The van der Waals surface area contributed by atoms with Gasteiger partial charge in [0, 0.05) is 18.0 Å². The summed E-state index contributed by atoms with van der Waals surface area (Å²) in [5.74, 6) is -0.0217. The summed E-state index contributed by atoms with van der Waals surface area (Å²) >= 11 is 1.62. The molecule has 2 atom stereocenters. The Labute approximate surface area is 141 Å². The molecular weight excluding hydrogens is 318 g/mol. The van der Waals surface area contributed by atoms with E-state index in [0.717, 1.165) is 21.1 Å². The topological polar surface area (TPSA) is 68.0 Å². The van der Waals surface area contributed by atoms with E-state index in [1.807, 2.05) is 51.1 Å². The summed E-state index contributed by atoms with van der Waals surface area (Å²) in [5, 5.41) is 3.97. The summed E-state index contributed by atoms with van der Waals surface area (Å²) in [6, 6.07) is 9.90. The van der Waals surface area contributed by atoms with Gasteiger partial charge in [0.05, 0.1) is 16.6 Å². The van der Waals surface area contributed by atoms with Crippen LogP contribution in [0.5, 0.6) is 0 Å². The van der Waals surface area contributed by atoms with Crippen LogP contribution in [0.1, 0.15) is 36.9 Å². The van der Waals surface area contributed by atoms with Crippen LogP contribution in [0, 0.1) is 6.92 Å². The van der Waals surface area contributed by atoms with Gasteiger partial charge in [0.25, 0.3) is 0 Å². The van der Waals surface area contributed by atoms with Gasteiger partial charge in [0.15, 0.2) is 0 Å². The Kier molecular flexibility index (Phi) is 7.00. The van der Waals surface area contributed by atoms with E-state index in [1.165, 1.54) is 0 Å². The molecule has 0 spiro atoms. The molecule has 120 valence electrons. The Morgan fingerprint density at radius 3 is 2.55 bits per heavy atom. The predicted molar refractivity (Wildman–Crippen MR) is 94.4 cm³/mol. The molecule has 0 saturated carbocycles. The van der Waals surface area contributed by atoms with E-state index >= 15 is 0 Å². The Morgan fingerprint density at radius 2 is 1.95 bits per heavy atom. The van der Waals surface area contributed by atoms with Crippen molar-refractivity contribution in [2.24, 2.45) is 5.73 Å². The molecule has 3 N–H and O–H groups in total. The number of nitrogens with zero attached hydrogens (tertiary/aromatic N) is 1. The summed E-state index contributed by atoms with van der Waals surface area (Å²) in [7, 11) is 0. The van der Waals surface area contributed by atoms with Crippen LogP contribution in [0.15, 0.2) is 30.3 Å². The molecule has 2 aromatic rings. The zero-order valence-electron chi connectivity index (χ0n) is 13.0. The van der Waals surface area contributed by atoms with E-state index in [-0.39, 0.29) is 30.4 Å². The van der Waals surface area contributed by atoms with Crippen molar-refractivity contribution in [3.05, 3.63) is 40.9 Å². The van der Waals surface area contributed by atoms with Gasteiger partial charge in [-0.2, -0.15) is 0 Å². The van der Waals surface area contributed by atoms with Crippen molar-refractivity contribution in [1.29, 1.82) is 0 Å². The van der Waals surface area contributed by atoms with E-state index in [0.29, 0.717) is 6.42 Å². The van der Waals surface area contributed by atoms with Crippen LogP contribution >= 0.6 is 23.7 Å². The Bertz CT molecular complexity index is 613. The number of amides is 1. The number of nitrogens with one attached hydrogen (secondary N) is 1. The average molecular weight is 340 g/mol. The third kappa shape index (κ3) is 4.80. The summed E-state index contributed by atoms with van der Waals surface area (Å²) in [5.41, 5.74) is 7.72. The monoisotopic (exact) mass is 339 g/mol. The normalized spacial score (nSPS) is 13.1. The van der Waals surface area contributed by atoms with Crippen molar-refractivity contribution >= 4 is 29.7 Å². The molecule has 6 heteroatoms. The summed E-state index contributed by atoms with van der Waals surface area (Å²) in [6.07, 6.45) is 0.341. The van der Waals surface area contributed by atoms with Gasteiger partial charge < -0.3 is 11.1 Å². The molecule has 22 heavy (non-hydrogen) atoms. The first kappa shape index (κ1) is 18.6. The van der Waals surface area contributed by atoms with E-state index in [4.69, 9.17) is 5.73 Å². The van der Waals surface area contributed by atoms with Gasteiger partial charge in [0.2, 0.25) is 5.91 Å². The van der Waals surface area contributed by atoms with Crippen LogP contribution in [0.4, 0.5) is 0 Å². The first-order valence-electron chi connectivity index (χ1n) is 7.05. The summed E-state index contributed by atoms with van der Waals surface area (Å²) in [4.78, 5) is 17.5. The molecule has 0 saturated heterocycles. The van der Waals surface area contributed by atoms with Crippen LogP contribution in [-0.4, -0.2) is 16.9 Å². The van der Waals surface area contributed by atoms with Crippen molar-refractivity contribution in [2.45, 2.75) is 39.3 Å². The maximum atomic E-state index is 11.8. The third-order valence-corrected chi connectivity index (χ3v) is 4.52. The fourth-order valence-corrected chi connectivity index (χ4v) is 3.25. The first-order chi connectivity index (χ1) is 9.97. The number of hydrogen-bond acceptors (Lipinski definition) is 4. The zero-order valence-corrected chi connectivity index (χ0v) is 14.6. The molecule has 1 amide bonds. The lowest BCUT2D eigenvalue weighted by Gasteiger charge is -2.13. The highest BCUT2D eigenvalue weighted by Gasteiger charge is 2.17. The molecule has 0 radical (unpaired) electrons. The second-order valence-electron chi connectivity index (χ2n) is 5.31. The number of aromatic nitrogens is 1. The number of aryl methyl sites for hydroxylation is 1. The van der Waals surface area contributed by atoms with Gasteiger partial charge in [-0.25, -0.2) is 4.98 Å². The number of halogens is 1. The maximum Gasteiger partial charge on any atom is 0.222 e. The van der Waals surface area contributed by atoms with Crippen LogP contribution in [-0.2, 0) is 4.79 Å². The molecule has 0 aliphatic carbocycles. The molecule has 2 unspecified atom stereocenters. The number of rotatable bonds is 5. The molecule has 1 aromatic carbocycles. The Hall–Kier alpha value is -1.43. The molecule has 1 aromatic heterocycles. The van der Waals surface area contributed by atoms with Crippen molar-refractivity contribution in [3.63, 3.8) is 0 Å². The standard InChI is InChI=1S/C16H21N3OS.ClH/c1-10(17)9-14(20)18-11(2)15-12(3)19-16(21-15)13-7-5-4-6-8-13;/h4-8,10-11H,9,17H2,1-3H3,(H,18,20);1H. The lowest BCUT2D eigenvalue weighted by molar-refractivity contribution is -0.121. The molecule has 0 aliphatic heterocycles. The van der Waals surface area contributed by atoms with Gasteiger partial charge >= 0.3 is 0 Å². The van der Waals surface area contributed by atoms with E-state index in [9.17, 15) is 4.79 Å². The highest BCUT2D eigenvalue weighted by Crippen LogP contribution is 2.31. The van der Waals surface area contributed by atoms with Crippen molar-refractivity contribution in [1.82, 2.24) is 10.3 Å². The van der Waals surface area contributed by atoms with E-state index in [2.05, 4.69) is 10.3 Å². The van der Waals surface area contributed by atoms with Gasteiger partial charge in [-0.15, -0.1) is 23.7 Å². The van der Waals surface area contributed by atoms with E-state index in [1.54, 1.807) is 11.3 Å². The molecule has 0 aliphatic rings. The highest BCUT2D eigenvalue weighted by molar-refractivity contribution is 7.15. The fourth-order valence-electron chi connectivity index (χ4n) is 2.17. The number of carbonyl (C=O) groups is 1. The second-order valence-corrected chi connectivity index (χ2v) is 6.34. The Morgan fingerprint density at radius 1 is 1.32 bits per heavy atom. The zero-order chi connectivity index (χ0) is 15.4. The predicted octanol–water partition coefficient (Wildman–Crippen LogP) is 3.45. The van der Waals surface area contributed by atoms with Crippen molar-refractivity contribution < 1.29 is 4.79 Å². The molecule has 0 fully saturated rings. The van der Waals surface area contributed by atoms with Gasteiger partial charge in [0.1, 0.15) is 5.01 Å². The quantitative estimate of drug-likeness (QED) is 0.876. The van der Waals surface area contributed by atoms with Gasteiger partial charge in [-0.1, -0.05) is 30.3 Å². The van der Waals surface area contributed by atoms with Crippen LogP contribution in [0.3, 0.4) is 0 Å². The number of hydrogen-bond donors (Lipinski definition) is 2. The SMILES string of the molecule is Cc1nc(-c2ccccc2)sc1C(C)NC(=O)CC(C)N.Cl. The molecule has 1 heterocycles. The lowest BCUT2D eigenvalue weighted by atomic mass is 10.2. The minimum Gasteiger partial charge on any atom is -0.349 e. The van der Waals surface area contributed by atoms with Gasteiger partial charge in [-0.3, -0.25) is 4.79 Å². The smallest absolute Gasteiger partial charge is 0.222 e. The maximum absolute atomic E-state index is 11.8. The van der Waals surface area contributed by atoms with E-state index < -0.39 is 0 Å².